The minimum absolute atomic E-state index is 0.209. The number of rotatable bonds is 6. The normalized spacial score (nSPS) is 16.9. The number of halogens is 2. The largest absolute Gasteiger partial charge is 0.392 e. The summed E-state index contributed by atoms with van der Waals surface area (Å²) in [4.78, 5) is 7.16. The molecular formula is C27H27FIN3OS. The number of β-amino-alcohol motifs (C(OH)–C–C–N with tert-alkyl or cyclic N) is 1. The van der Waals surface area contributed by atoms with Crippen molar-refractivity contribution >= 4 is 41.4 Å². The summed E-state index contributed by atoms with van der Waals surface area (Å²) < 4.78 is 16.3. The number of aliphatic hydroxyl groups excluding tert-OH is 1. The molecule has 1 N–H and O–H groups in total. The molecule has 7 heteroatoms. The molecule has 0 amide bonds. The van der Waals surface area contributed by atoms with Crippen LogP contribution in [-0.2, 0) is 13.0 Å². The van der Waals surface area contributed by atoms with E-state index >= 15 is 0 Å². The Morgan fingerprint density at radius 1 is 1.12 bits per heavy atom. The highest BCUT2D eigenvalue weighted by atomic mass is 127. The molecular weight excluding hydrogens is 560 g/mol. The van der Waals surface area contributed by atoms with E-state index in [1.807, 2.05) is 12.3 Å². The third kappa shape index (κ3) is 4.76. The number of aliphatic hydroxyl groups is 1. The Hall–Kier alpha value is -1.94. The van der Waals surface area contributed by atoms with Crippen molar-refractivity contribution in [2.24, 2.45) is 0 Å². The van der Waals surface area contributed by atoms with Gasteiger partial charge in [-0.15, -0.1) is 0 Å². The van der Waals surface area contributed by atoms with Crippen molar-refractivity contribution < 1.29 is 9.50 Å². The van der Waals surface area contributed by atoms with Crippen molar-refractivity contribution in [3.05, 3.63) is 77.9 Å². The van der Waals surface area contributed by atoms with Gasteiger partial charge in [-0.25, -0.2) is 9.37 Å². The molecule has 34 heavy (non-hydrogen) atoms. The van der Waals surface area contributed by atoms with Crippen LogP contribution < -0.4 is 0 Å². The van der Waals surface area contributed by atoms with Gasteiger partial charge in [0, 0.05) is 71.8 Å². The summed E-state index contributed by atoms with van der Waals surface area (Å²) in [6, 6.07) is 17.6. The van der Waals surface area contributed by atoms with Gasteiger partial charge in [-0.3, -0.25) is 8.87 Å². The predicted octanol–water partition coefficient (Wildman–Crippen LogP) is 6.87. The highest BCUT2D eigenvalue weighted by Crippen LogP contribution is 2.40. The molecule has 5 rings (SSSR count). The third-order valence-electron chi connectivity index (χ3n) is 6.55. The summed E-state index contributed by atoms with van der Waals surface area (Å²) in [5.41, 5.74) is 7.37. The quantitative estimate of drug-likeness (QED) is 0.250. The van der Waals surface area contributed by atoms with Gasteiger partial charge in [-0.05, 0) is 60.7 Å². The van der Waals surface area contributed by atoms with Gasteiger partial charge in [0.05, 0.1) is 6.10 Å². The predicted molar refractivity (Wildman–Crippen MR) is 147 cm³/mol. The summed E-state index contributed by atoms with van der Waals surface area (Å²) >= 11 is 2.28. The summed E-state index contributed by atoms with van der Waals surface area (Å²) in [6.45, 7) is 4.76. The van der Waals surface area contributed by atoms with Gasteiger partial charge in [-0.2, -0.15) is 0 Å². The summed E-state index contributed by atoms with van der Waals surface area (Å²) in [7, 11) is 1.60. The number of piperidine rings is 1. The van der Waals surface area contributed by atoms with Gasteiger partial charge < -0.3 is 5.11 Å². The molecule has 2 aromatic heterocycles. The Morgan fingerprint density at radius 2 is 1.94 bits per heavy atom. The first-order valence-electron chi connectivity index (χ1n) is 11.7. The molecule has 2 aromatic carbocycles. The van der Waals surface area contributed by atoms with Crippen LogP contribution in [0.5, 0.6) is 0 Å². The lowest BCUT2D eigenvalue weighted by Crippen LogP contribution is -2.37. The van der Waals surface area contributed by atoms with E-state index < -0.39 is 0 Å². The van der Waals surface area contributed by atoms with E-state index in [0.717, 1.165) is 77.9 Å². The second-order valence-electron chi connectivity index (χ2n) is 8.87. The zero-order valence-corrected chi connectivity index (χ0v) is 22.0. The number of fused-ring (bicyclic) bond motifs is 1. The fourth-order valence-electron chi connectivity index (χ4n) is 4.94. The first-order valence-corrected chi connectivity index (χ1v) is 15.0. The van der Waals surface area contributed by atoms with Crippen molar-refractivity contribution in [2.45, 2.75) is 38.8 Å². The number of benzene rings is 2. The van der Waals surface area contributed by atoms with Crippen molar-refractivity contribution in [1.82, 2.24) is 13.9 Å². The van der Waals surface area contributed by atoms with Gasteiger partial charge in [0.2, 0.25) is 0 Å². The van der Waals surface area contributed by atoms with E-state index in [2.05, 4.69) is 67.3 Å². The lowest BCUT2D eigenvalue weighted by atomic mass is 9.99. The molecule has 1 aliphatic rings. The Balaban J connectivity index is 1.52. The van der Waals surface area contributed by atoms with E-state index in [9.17, 15) is 9.50 Å². The molecule has 0 aliphatic carbocycles. The van der Waals surface area contributed by atoms with Crippen molar-refractivity contribution in [3.63, 3.8) is 0 Å². The highest BCUT2D eigenvalue weighted by Gasteiger charge is 2.20. The molecule has 1 aliphatic heterocycles. The van der Waals surface area contributed by atoms with E-state index in [1.54, 1.807) is 21.3 Å². The summed E-state index contributed by atoms with van der Waals surface area (Å²) in [6.07, 6.45) is 4.50. The molecule has 1 saturated heterocycles. The molecule has 0 spiro atoms. The molecule has 1 atom stereocenters. The van der Waals surface area contributed by atoms with Crippen LogP contribution in [0.1, 0.15) is 31.0 Å². The van der Waals surface area contributed by atoms with E-state index in [1.165, 1.54) is 11.6 Å². The fraction of sp³-hybridized carbons (Fsp3) is 0.296. The first kappa shape index (κ1) is 23.8. The monoisotopic (exact) mass is 587 g/mol. The van der Waals surface area contributed by atoms with Crippen LogP contribution in [0.25, 0.3) is 33.3 Å². The first-order chi connectivity index (χ1) is 16.6. The van der Waals surface area contributed by atoms with E-state index in [4.69, 9.17) is 4.98 Å². The average Bonchev–Trinajstić information content (AvgIpc) is 3.17. The molecule has 0 bridgehead atoms. The van der Waals surface area contributed by atoms with E-state index in [-0.39, 0.29) is 11.9 Å². The smallest absolute Gasteiger partial charge is 0.151 e. The fourth-order valence-corrected chi connectivity index (χ4v) is 6.73. The molecule has 4 aromatic rings. The molecule has 3 heterocycles. The number of nitrogens with zero attached hydrogens (tertiary/aromatic N) is 3. The van der Waals surface area contributed by atoms with Crippen molar-refractivity contribution in [1.29, 1.82) is 0 Å². The van der Waals surface area contributed by atoms with Crippen LogP contribution in [-0.4, -0.2) is 38.2 Å². The van der Waals surface area contributed by atoms with Gasteiger partial charge >= 0.3 is 0 Å². The van der Waals surface area contributed by atoms with Gasteiger partial charge in [0.25, 0.3) is 0 Å². The third-order valence-corrected chi connectivity index (χ3v) is 8.27. The van der Waals surface area contributed by atoms with Crippen LogP contribution in [0.3, 0.4) is 0 Å². The molecule has 0 radical (unpaired) electrons. The zero-order chi connectivity index (χ0) is 23.7. The minimum Gasteiger partial charge on any atom is -0.392 e. The lowest BCUT2D eigenvalue weighted by Gasteiger charge is -2.29. The van der Waals surface area contributed by atoms with Crippen LogP contribution in [0, 0.1) is 5.82 Å². The van der Waals surface area contributed by atoms with Crippen LogP contribution in [0.2, 0.25) is 0 Å². The molecule has 4 nitrogen and oxygen atoms in total. The van der Waals surface area contributed by atoms with Crippen molar-refractivity contribution in [3.8, 4) is 22.3 Å². The summed E-state index contributed by atoms with van der Waals surface area (Å²) in [5, 5.41) is 11.0. The highest BCUT2D eigenvalue weighted by molar-refractivity contribution is 14.2. The Bertz CT molecular complexity index is 1310. The maximum atomic E-state index is 14.1. The maximum Gasteiger partial charge on any atom is 0.151 e. The maximum absolute atomic E-state index is 14.1. The second kappa shape index (κ2) is 10.4. The molecule has 1 fully saturated rings. The zero-order valence-electron chi connectivity index (χ0n) is 19.0. The molecule has 1 unspecified atom stereocenters. The Morgan fingerprint density at radius 3 is 2.65 bits per heavy atom. The topological polar surface area (TPSA) is 41.3 Å². The van der Waals surface area contributed by atoms with Crippen LogP contribution in [0.4, 0.5) is 4.39 Å². The van der Waals surface area contributed by atoms with Gasteiger partial charge in [-0.1, -0.05) is 43.3 Å². The standard InChI is InChI=1S/C27H27FIN3OS/c1-2-25-26(20-5-3-6-22(28)13-20)24-14-21(15-30-27(24)32(25)34-29)19-10-8-18(9-11-19)16-31-12-4-7-23(33)17-31/h3,5-6,8-11,13-15,23,33H,2,4,7,12,16-17H2,1H3. The Kier molecular flexibility index (Phi) is 7.24. The Labute approximate surface area is 215 Å². The van der Waals surface area contributed by atoms with Crippen LogP contribution >= 0.6 is 30.3 Å². The minimum atomic E-state index is -0.233. The number of hydrogen-bond acceptors (Lipinski definition) is 4. The van der Waals surface area contributed by atoms with E-state index in [0.29, 0.717) is 0 Å². The van der Waals surface area contributed by atoms with Gasteiger partial charge in [0.1, 0.15) is 5.82 Å². The van der Waals surface area contributed by atoms with Crippen molar-refractivity contribution in [2.75, 3.05) is 13.1 Å². The molecule has 0 saturated carbocycles. The van der Waals surface area contributed by atoms with Crippen LogP contribution in [0.15, 0.2) is 60.8 Å². The number of hydrogen-bond donors (Lipinski definition) is 1. The SMILES string of the molecule is CCc1c(-c2cccc(F)c2)c2cc(-c3ccc(CN4CCCC(O)C4)cc3)cnc2n1SI. The average molecular weight is 588 g/mol. The van der Waals surface area contributed by atoms with Gasteiger partial charge in [0.15, 0.2) is 5.65 Å². The number of likely N-dealkylation sites (tertiary alicyclic amines) is 1. The second-order valence-corrected chi connectivity index (χ2v) is 10.6. The summed E-state index contributed by atoms with van der Waals surface area (Å²) in [5.74, 6) is -0.233. The lowest BCUT2D eigenvalue weighted by molar-refractivity contribution is 0.0668. The number of pyridine rings is 1. The molecule has 176 valence electrons. The number of aromatic nitrogens is 2.